The van der Waals surface area contributed by atoms with Crippen molar-refractivity contribution in [3.8, 4) is 11.1 Å². The third-order valence-electron chi connectivity index (χ3n) is 5.71. The van der Waals surface area contributed by atoms with Gasteiger partial charge in [0.05, 0.1) is 5.39 Å². The number of aryl methyl sites for hydroxylation is 3. The molecule has 2 N–H and O–H groups in total. The van der Waals surface area contributed by atoms with Crippen molar-refractivity contribution >= 4 is 39.0 Å². The summed E-state index contributed by atoms with van der Waals surface area (Å²) < 4.78 is 0. The largest absolute Gasteiger partial charge is 0.369 e. The number of anilines is 2. The molecule has 5 nitrogen and oxygen atoms in total. The van der Waals surface area contributed by atoms with Gasteiger partial charge in [0.15, 0.2) is 0 Å². The number of carbonyl (C=O) groups is 1. The molecule has 0 saturated carbocycles. The first-order chi connectivity index (χ1) is 16.0. The van der Waals surface area contributed by atoms with E-state index in [4.69, 9.17) is 0 Å². The molecule has 2 heterocycles. The first kappa shape index (κ1) is 22.9. The number of thiophene rings is 1. The highest BCUT2D eigenvalue weighted by molar-refractivity contribution is 7.19. The molecule has 0 bridgehead atoms. The number of rotatable bonds is 9. The first-order valence-electron chi connectivity index (χ1n) is 11.5. The van der Waals surface area contributed by atoms with Gasteiger partial charge in [-0.15, -0.1) is 11.3 Å². The van der Waals surface area contributed by atoms with Gasteiger partial charge >= 0.3 is 0 Å². The number of aromatic nitrogens is 2. The summed E-state index contributed by atoms with van der Waals surface area (Å²) >= 11 is 1.67. The highest BCUT2D eigenvalue weighted by Crippen LogP contribution is 2.40. The first-order valence-corrected chi connectivity index (χ1v) is 12.3. The van der Waals surface area contributed by atoms with E-state index in [-0.39, 0.29) is 5.91 Å². The Balaban J connectivity index is 1.42. The molecule has 2 aromatic heterocycles. The lowest BCUT2D eigenvalue weighted by molar-refractivity contribution is -0.115. The van der Waals surface area contributed by atoms with E-state index >= 15 is 0 Å². The topological polar surface area (TPSA) is 66.9 Å². The number of amides is 1. The molecule has 4 rings (SSSR count). The quantitative estimate of drug-likeness (QED) is 0.291. The molecule has 0 fully saturated rings. The molecule has 170 valence electrons. The molecule has 6 heteroatoms. The average molecular weight is 459 g/mol. The van der Waals surface area contributed by atoms with Gasteiger partial charge < -0.3 is 10.6 Å². The fourth-order valence-electron chi connectivity index (χ4n) is 3.90. The highest BCUT2D eigenvalue weighted by Gasteiger charge is 2.16. The van der Waals surface area contributed by atoms with Crippen molar-refractivity contribution < 1.29 is 4.79 Å². The Labute approximate surface area is 199 Å². The van der Waals surface area contributed by atoms with Crippen LogP contribution in [0, 0.1) is 13.8 Å². The summed E-state index contributed by atoms with van der Waals surface area (Å²) in [5.74, 6) is 0.752. The maximum absolute atomic E-state index is 12.5. The predicted molar refractivity (Wildman–Crippen MR) is 139 cm³/mol. The number of unbranched alkanes of at least 4 members (excludes halogenated alkanes) is 1. The van der Waals surface area contributed by atoms with Gasteiger partial charge in [-0.3, -0.25) is 4.79 Å². The zero-order valence-corrected chi connectivity index (χ0v) is 20.3. The second-order valence-corrected chi connectivity index (χ2v) is 9.53. The van der Waals surface area contributed by atoms with Gasteiger partial charge in [0, 0.05) is 29.1 Å². The van der Waals surface area contributed by atoms with E-state index in [1.165, 1.54) is 28.8 Å². The van der Waals surface area contributed by atoms with Gasteiger partial charge in [-0.1, -0.05) is 55.3 Å². The fraction of sp³-hybridized carbons (Fsp3) is 0.296. The molecule has 0 aliphatic carbocycles. The Morgan fingerprint density at radius 3 is 2.48 bits per heavy atom. The standard InChI is InChI=1S/C27H30N4OS/c1-4-5-6-20-9-13-22(14-10-20)31-23(32)15-16-28-26-25-24(21-11-7-18(2)8-12-21)19(3)33-27(25)30-17-29-26/h7-14,17H,4-6,15-16H2,1-3H3,(H,31,32)(H,28,29,30). The monoisotopic (exact) mass is 458 g/mol. The second-order valence-electron chi connectivity index (χ2n) is 8.33. The van der Waals surface area contributed by atoms with E-state index in [2.05, 4.69) is 77.8 Å². The van der Waals surface area contributed by atoms with Crippen molar-refractivity contribution in [1.29, 1.82) is 0 Å². The van der Waals surface area contributed by atoms with Crippen molar-refractivity contribution in [1.82, 2.24) is 9.97 Å². The van der Waals surface area contributed by atoms with Crippen LogP contribution in [0.5, 0.6) is 0 Å². The Bertz CT molecular complexity index is 1230. The van der Waals surface area contributed by atoms with Gasteiger partial charge in [0.2, 0.25) is 5.91 Å². The highest BCUT2D eigenvalue weighted by atomic mass is 32.1. The number of nitrogens with one attached hydrogen (secondary N) is 2. The summed E-state index contributed by atoms with van der Waals surface area (Å²) in [4.78, 5) is 23.6. The zero-order valence-electron chi connectivity index (χ0n) is 19.4. The predicted octanol–water partition coefficient (Wildman–Crippen LogP) is 6.76. The number of benzene rings is 2. The van der Waals surface area contributed by atoms with Crippen LogP contribution < -0.4 is 10.6 Å². The van der Waals surface area contributed by atoms with E-state index < -0.39 is 0 Å². The molecular weight excluding hydrogens is 428 g/mol. The smallest absolute Gasteiger partial charge is 0.226 e. The molecule has 0 atom stereocenters. The molecule has 4 aromatic rings. The third-order valence-corrected chi connectivity index (χ3v) is 6.72. The van der Waals surface area contributed by atoms with Crippen LogP contribution in [0.1, 0.15) is 42.2 Å². The molecule has 0 unspecified atom stereocenters. The normalized spacial score (nSPS) is 11.0. The molecule has 0 aliphatic heterocycles. The second kappa shape index (κ2) is 10.6. The van der Waals surface area contributed by atoms with Crippen LogP contribution in [0.2, 0.25) is 0 Å². The van der Waals surface area contributed by atoms with Crippen molar-refractivity contribution in [2.24, 2.45) is 0 Å². The lowest BCUT2D eigenvalue weighted by Gasteiger charge is -2.10. The molecule has 0 radical (unpaired) electrons. The van der Waals surface area contributed by atoms with E-state index in [1.807, 2.05) is 12.1 Å². The van der Waals surface area contributed by atoms with Gasteiger partial charge in [-0.25, -0.2) is 9.97 Å². The summed E-state index contributed by atoms with van der Waals surface area (Å²) in [6, 6.07) is 16.7. The van der Waals surface area contributed by atoms with Gasteiger partial charge in [-0.05, 0) is 49.9 Å². The summed E-state index contributed by atoms with van der Waals surface area (Å²) in [5, 5.41) is 7.37. The SMILES string of the molecule is CCCCc1ccc(NC(=O)CCNc2ncnc3sc(C)c(-c4ccc(C)cc4)c23)cc1. The van der Waals surface area contributed by atoms with Crippen LogP contribution >= 0.6 is 11.3 Å². The molecule has 0 aliphatic rings. The van der Waals surface area contributed by atoms with Crippen LogP contribution in [0.15, 0.2) is 54.9 Å². The van der Waals surface area contributed by atoms with E-state index in [1.54, 1.807) is 17.7 Å². The van der Waals surface area contributed by atoms with Crippen molar-refractivity contribution in [3.63, 3.8) is 0 Å². The van der Waals surface area contributed by atoms with Crippen molar-refractivity contribution in [3.05, 3.63) is 70.9 Å². The maximum atomic E-state index is 12.5. The lowest BCUT2D eigenvalue weighted by Crippen LogP contribution is -2.16. The van der Waals surface area contributed by atoms with Crippen LogP contribution in [0.4, 0.5) is 11.5 Å². The van der Waals surface area contributed by atoms with E-state index in [0.717, 1.165) is 39.3 Å². The van der Waals surface area contributed by atoms with Crippen LogP contribution in [-0.4, -0.2) is 22.4 Å². The van der Waals surface area contributed by atoms with E-state index in [0.29, 0.717) is 13.0 Å². The number of carbonyl (C=O) groups excluding carboxylic acids is 1. The minimum atomic E-state index is -0.0191. The molecule has 0 saturated heterocycles. The van der Waals surface area contributed by atoms with E-state index in [9.17, 15) is 4.79 Å². The van der Waals surface area contributed by atoms with Crippen LogP contribution in [-0.2, 0) is 11.2 Å². The molecule has 2 aromatic carbocycles. The van der Waals surface area contributed by atoms with Gasteiger partial charge in [-0.2, -0.15) is 0 Å². The van der Waals surface area contributed by atoms with Crippen LogP contribution in [0.3, 0.4) is 0 Å². The summed E-state index contributed by atoms with van der Waals surface area (Å²) in [5.41, 5.74) is 5.68. The summed E-state index contributed by atoms with van der Waals surface area (Å²) in [6.07, 6.45) is 5.38. The number of nitrogens with zero attached hydrogens (tertiary/aromatic N) is 2. The molecule has 33 heavy (non-hydrogen) atoms. The average Bonchev–Trinajstić information content (AvgIpc) is 3.16. The summed E-state index contributed by atoms with van der Waals surface area (Å²) in [6.45, 7) is 6.89. The molecule has 1 amide bonds. The van der Waals surface area contributed by atoms with Crippen molar-refractivity contribution in [2.45, 2.75) is 46.5 Å². The maximum Gasteiger partial charge on any atom is 0.226 e. The number of hydrogen-bond acceptors (Lipinski definition) is 5. The Morgan fingerprint density at radius 2 is 1.76 bits per heavy atom. The summed E-state index contributed by atoms with van der Waals surface area (Å²) in [7, 11) is 0. The Kier molecular flexibility index (Phi) is 7.35. The Hall–Kier alpha value is -3.25. The third kappa shape index (κ3) is 5.57. The zero-order chi connectivity index (χ0) is 23.2. The molecule has 0 spiro atoms. The van der Waals surface area contributed by atoms with Crippen molar-refractivity contribution in [2.75, 3.05) is 17.2 Å². The number of hydrogen-bond donors (Lipinski definition) is 2. The molecular formula is C27H30N4OS. The van der Waals surface area contributed by atoms with Crippen LogP contribution in [0.25, 0.3) is 21.3 Å². The van der Waals surface area contributed by atoms with Gasteiger partial charge in [0.25, 0.3) is 0 Å². The minimum Gasteiger partial charge on any atom is -0.369 e. The Morgan fingerprint density at radius 1 is 1.00 bits per heavy atom. The van der Waals surface area contributed by atoms with Gasteiger partial charge in [0.1, 0.15) is 17.0 Å². The number of fused-ring (bicyclic) bond motifs is 1. The minimum absolute atomic E-state index is 0.0191. The lowest BCUT2D eigenvalue weighted by atomic mass is 10.0. The fourth-order valence-corrected chi connectivity index (χ4v) is 4.91.